The summed E-state index contributed by atoms with van der Waals surface area (Å²) < 4.78 is 5.05. The van der Waals surface area contributed by atoms with Gasteiger partial charge in [0.25, 0.3) is 0 Å². The topological polar surface area (TPSA) is 37.4 Å². The number of methoxy groups -OCH3 is 1. The highest BCUT2D eigenvalue weighted by Crippen LogP contribution is 2.11. The van der Waals surface area contributed by atoms with Crippen LogP contribution in [0, 0.1) is 0 Å². The molecule has 1 aromatic rings. The molecule has 1 saturated heterocycles. The van der Waals surface area contributed by atoms with Gasteiger partial charge in [-0.2, -0.15) is 0 Å². The second kappa shape index (κ2) is 5.27. The highest BCUT2D eigenvalue weighted by atomic mass is 16.5. The largest absolute Gasteiger partial charge is 0.481 e. The number of nitrogens with zero attached hydrogens (tertiary/aromatic N) is 2. The Labute approximate surface area is 96.6 Å². The van der Waals surface area contributed by atoms with Crippen LogP contribution in [0.25, 0.3) is 0 Å². The molecule has 1 aliphatic rings. The smallest absolute Gasteiger partial charge is 0.212 e. The quantitative estimate of drug-likeness (QED) is 0.822. The third kappa shape index (κ3) is 2.71. The molecule has 16 heavy (non-hydrogen) atoms. The zero-order chi connectivity index (χ0) is 11.4. The van der Waals surface area contributed by atoms with Crippen LogP contribution in [-0.4, -0.2) is 42.7 Å². The normalized spacial score (nSPS) is 22.0. The van der Waals surface area contributed by atoms with Crippen LogP contribution >= 0.6 is 0 Å². The molecule has 1 aromatic heterocycles. The number of pyridine rings is 1. The fraction of sp³-hybridized carbons (Fsp3) is 0.583. The van der Waals surface area contributed by atoms with E-state index in [2.05, 4.69) is 28.2 Å². The maximum atomic E-state index is 5.05. The molecule has 2 rings (SSSR count). The first-order valence-corrected chi connectivity index (χ1v) is 5.73. The molecule has 0 aromatic carbocycles. The Morgan fingerprint density at radius 2 is 2.44 bits per heavy atom. The fourth-order valence-corrected chi connectivity index (χ4v) is 1.98. The minimum Gasteiger partial charge on any atom is -0.481 e. The first kappa shape index (κ1) is 11.4. The molecule has 1 N–H and O–H groups in total. The van der Waals surface area contributed by atoms with Gasteiger partial charge < -0.3 is 10.1 Å². The van der Waals surface area contributed by atoms with E-state index in [0.717, 1.165) is 26.2 Å². The van der Waals surface area contributed by atoms with Crippen molar-refractivity contribution in [3.05, 3.63) is 23.9 Å². The van der Waals surface area contributed by atoms with Crippen molar-refractivity contribution in [2.75, 3.05) is 26.7 Å². The molecule has 0 bridgehead atoms. The molecule has 4 nitrogen and oxygen atoms in total. The van der Waals surface area contributed by atoms with Crippen molar-refractivity contribution in [2.24, 2.45) is 0 Å². The average molecular weight is 221 g/mol. The Morgan fingerprint density at radius 1 is 1.56 bits per heavy atom. The van der Waals surface area contributed by atoms with Crippen LogP contribution in [-0.2, 0) is 6.54 Å². The van der Waals surface area contributed by atoms with Crippen LogP contribution in [0.5, 0.6) is 5.88 Å². The lowest BCUT2D eigenvalue weighted by Gasteiger charge is -2.33. The van der Waals surface area contributed by atoms with Gasteiger partial charge in [0, 0.05) is 44.5 Å². The van der Waals surface area contributed by atoms with Crippen LogP contribution in [0.2, 0.25) is 0 Å². The molecular weight excluding hydrogens is 202 g/mol. The van der Waals surface area contributed by atoms with Crippen molar-refractivity contribution in [1.82, 2.24) is 15.2 Å². The maximum Gasteiger partial charge on any atom is 0.212 e. The van der Waals surface area contributed by atoms with Crippen molar-refractivity contribution >= 4 is 0 Å². The summed E-state index contributed by atoms with van der Waals surface area (Å²) in [6.45, 7) is 6.48. The van der Waals surface area contributed by atoms with E-state index in [1.165, 1.54) is 5.56 Å². The lowest BCUT2D eigenvalue weighted by atomic mass is 10.2. The van der Waals surface area contributed by atoms with Gasteiger partial charge in [-0.1, -0.05) is 6.07 Å². The van der Waals surface area contributed by atoms with E-state index < -0.39 is 0 Å². The molecule has 1 aliphatic heterocycles. The fourth-order valence-electron chi connectivity index (χ4n) is 1.98. The molecule has 1 atom stereocenters. The third-order valence-electron chi connectivity index (χ3n) is 3.03. The number of piperazine rings is 1. The summed E-state index contributed by atoms with van der Waals surface area (Å²) >= 11 is 0. The molecular formula is C12H19N3O. The summed E-state index contributed by atoms with van der Waals surface area (Å²) in [7, 11) is 1.64. The Hall–Kier alpha value is -1.13. The molecule has 0 aliphatic carbocycles. The average Bonchev–Trinajstić information content (AvgIpc) is 2.33. The van der Waals surface area contributed by atoms with Gasteiger partial charge in [0.2, 0.25) is 5.88 Å². The van der Waals surface area contributed by atoms with E-state index in [9.17, 15) is 0 Å². The van der Waals surface area contributed by atoms with Gasteiger partial charge in [-0.15, -0.1) is 0 Å². The predicted octanol–water partition coefficient (Wildman–Crippen LogP) is 0.884. The standard InChI is InChI=1S/C12H19N3O/c1-10-7-13-5-6-15(10)9-11-3-4-12(16-2)14-8-11/h3-4,8,10,13H,5-7,9H2,1-2H3. The van der Waals surface area contributed by atoms with Gasteiger partial charge in [0.1, 0.15) is 0 Å². The third-order valence-corrected chi connectivity index (χ3v) is 3.03. The molecule has 1 fully saturated rings. The van der Waals surface area contributed by atoms with Crippen molar-refractivity contribution in [2.45, 2.75) is 19.5 Å². The first-order chi connectivity index (χ1) is 7.79. The summed E-state index contributed by atoms with van der Waals surface area (Å²) in [5, 5.41) is 3.39. The highest BCUT2D eigenvalue weighted by molar-refractivity contribution is 5.17. The molecule has 0 saturated carbocycles. The molecule has 0 amide bonds. The van der Waals surface area contributed by atoms with Crippen molar-refractivity contribution in [3.8, 4) is 5.88 Å². The number of hydrogen-bond donors (Lipinski definition) is 1. The number of nitrogens with one attached hydrogen (secondary N) is 1. The predicted molar refractivity (Wildman–Crippen MR) is 63.5 cm³/mol. The van der Waals surface area contributed by atoms with E-state index in [1.54, 1.807) is 7.11 Å². The molecule has 2 heterocycles. The molecule has 88 valence electrons. The summed E-state index contributed by atoms with van der Waals surface area (Å²) in [4.78, 5) is 6.70. The summed E-state index contributed by atoms with van der Waals surface area (Å²) in [5.41, 5.74) is 1.24. The zero-order valence-corrected chi connectivity index (χ0v) is 9.94. The van der Waals surface area contributed by atoms with E-state index in [1.807, 2.05) is 12.3 Å². The Bertz CT molecular complexity index is 326. The maximum absolute atomic E-state index is 5.05. The minimum atomic E-state index is 0.593. The summed E-state index contributed by atoms with van der Waals surface area (Å²) in [5.74, 6) is 0.678. The Balaban J connectivity index is 1.96. The SMILES string of the molecule is COc1ccc(CN2CCNCC2C)cn1. The number of rotatable bonds is 3. The minimum absolute atomic E-state index is 0.593. The second-order valence-corrected chi connectivity index (χ2v) is 4.23. The zero-order valence-electron chi connectivity index (χ0n) is 9.94. The number of aromatic nitrogens is 1. The van der Waals surface area contributed by atoms with Crippen LogP contribution in [0.3, 0.4) is 0 Å². The van der Waals surface area contributed by atoms with Crippen molar-refractivity contribution in [1.29, 1.82) is 0 Å². The van der Waals surface area contributed by atoms with Gasteiger partial charge in [-0.25, -0.2) is 4.98 Å². The molecule has 0 radical (unpaired) electrons. The van der Waals surface area contributed by atoms with Crippen LogP contribution in [0.1, 0.15) is 12.5 Å². The highest BCUT2D eigenvalue weighted by Gasteiger charge is 2.17. The van der Waals surface area contributed by atoms with Gasteiger partial charge >= 0.3 is 0 Å². The van der Waals surface area contributed by atoms with E-state index >= 15 is 0 Å². The summed E-state index contributed by atoms with van der Waals surface area (Å²) in [6.07, 6.45) is 1.90. The first-order valence-electron chi connectivity index (χ1n) is 5.73. The molecule has 4 heteroatoms. The van der Waals surface area contributed by atoms with E-state index in [-0.39, 0.29) is 0 Å². The molecule has 1 unspecified atom stereocenters. The van der Waals surface area contributed by atoms with Gasteiger partial charge in [-0.3, -0.25) is 4.90 Å². The second-order valence-electron chi connectivity index (χ2n) is 4.23. The van der Waals surface area contributed by atoms with Crippen LogP contribution in [0.4, 0.5) is 0 Å². The monoisotopic (exact) mass is 221 g/mol. The lowest BCUT2D eigenvalue weighted by molar-refractivity contribution is 0.165. The van der Waals surface area contributed by atoms with Crippen molar-refractivity contribution in [3.63, 3.8) is 0 Å². The van der Waals surface area contributed by atoms with Gasteiger partial charge in [0.05, 0.1) is 7.11 Å². The molecule has 0 spiro atoms. The summed E-state index contributed by atoms with van der Waals surface area (Å²) in [6, 6.07) is 4.60. The number of hydrogen-bond acceptors (Lipinski definition) is 4. The lowest BCUT2D eigenvalue weighted by Crippen LogP contribution is -2.49. The van der Waals surface area contributed by atoms with Crippen LogP contribution < -0.4 is 10.1 Å². The Morgan fingerprint density at radius 3 is 3.06 bits per heavy atom. The van der Waals surface area contributed by atoms with Gasteiger partial charge in [0.15, 0.2) is 0 Å². The van der Waals surface area contributed by atoms with E-state index in [0.29, 0.717) is 11.9 Å². The van der Waals surface area contributed by atoms with Crippen LogP contribution in [0.15, 0.2) is 18.3 Å². The van der Waals surface area contributed by atoms with E-state index in [4.69, 9.17) is 4.74 Å². The Kier molecular flexibility index (Phi) is 3.74. The van der Waals surface area contributed by atoms with Crippen molar-refractivity contribution < 1.29 is 4.74 Å². The number of ether oxygens (including phenoxy) is 1. The van der Waals surface area contributed by atoms with Gasteiger partial charge in [-0.05, 0) is 12.5 Å².